The van der Waals surface area contributed by atoms with Gasteiger partial charge in [-0.25, -0.2) is 4.98 Å². The monoisotopic (exact) mass is 480 g/mol. The fraction of sp³-hybridized carbons (Fsp3) is 0.0769. The summed E-state index contributed by atoms with van der Waals surface area (Å²) in [5.74, 6) is -0.938. The zero-order valence-electron chi connectivity index (χ0n) is 18.9. The summed E-state index contributed by atoms with van der Waals surface area (Å²) in [5, 5.41) is 18.4. The van der Waals surface area contributed by atoms with Crippen molar-refractivity contribution in [1.29, 1.82) is 5.26 Å². The second kappa shape index (κ2) is 10.9. The number of carbonyl (C=O) groups is 2. The number of nitroso groups, excluding NO2 is 1. The number of carbonyl (C=O) groups excluding carboxylic acids is 2. The maximum Gasteiger partial charge on any atom is 0.292 e. The minimum absolute atomic E-state index is 0.0289. The van der Waals surface area contributed by atoms with E-state index in [9.17, 15) is 19.8 Å². The van der Waals surface area contributed by atoms with Gasteiger partial charge in [-0.15, -0.1) is 4.91 Å². The van der Waals surface area contributed by atoms with Crippen molar-refractivity contribution in [2.45, 2.75) is 0 Å². The molecule has 36 heavy (non-hydrogen) atoms. The van der Waals surface area contributed by atoms with E-state index in [2.05, 4.69) is 26.9 Å². The lowest BCUT2D eigenvalue weighted by molar-refractivity contribution is 0.0953. The Morgan fingerprint density at radius 2 is 1.86 bits per heavy atom. The molecule has 0 unspecified atom stereocenters. The first-order valence-electron chi connectivity index (χ1n) is 10.9. The lowest BCUT2D eigenvalue weighted by Gasteiger charge is -2.14. The molecule has 4 rings (SSSR count). The van der Waals surface area contributed by atoms with Crippen LogP contribution in [0.3, 0.4) is 0 Å². The SMILES string of the molecule is N#Cc1c(-c2cccc(C(=O)NCCN)c2)cc(-c2ccccc2N=O)nc1NC(=O)c1ccco1. The van der Waals surface area contributed by atoms with Crippen LogP contribution in [0, 0.1) is 16.2 Å². The van der Waals surface area contributed by atoms with Gasteiger partial charge in [-0.05, 0) is 47.1 Å². The normalized spacial score (nSPS) is 10.3. The van der Waals surface area contributed by atoms with Gasteiger partial charge in [-0.3, -0.25) is 9.59 Å². The topological polar surface area (TPSA) is 163 Å². The molecule has 2 heterocycles. The number of furan rings is 1. The number of rotatable bonds is 8. The van der Waals surface area contributed by atoms with Crippen LogP contribution in [0.5, 0.6) is 0 Å². The first kappa shape index (κ1) is 24.0. The minimum Gasteiger partial charge on any atom is -0.459 e. The van der Waals surface area contributed by atoms with Crippen LogP contribution in [0.4, 0.5) is 11.5 Å². The Hall–Kier alpha value is -5.14. The molecule has 0 fully saturated rings. The first-order chi connectivity index (χ1) is 17.5. The molecule has 0 bridgehead atoms. The fourth-order valence-corrected chi connectivity index (χ4v) is 3.58. The van der Waals surface area contributed by atoms with Crippen molar-refractivity contribution in [3.05, 3.63) is 94.8 Å². The van der Waals surface area contributed by atoms with Crippen LogP contribution in [0.2, 0.25) is 0 Å². The Kier molecular flexibility index (Phi) is 7.24. The van der Waals surface area contributed by atoms with Gasteiger partial charge in [-0.1, -0.05) is 30.3 Å². The molecule has 2 amide bonds. The van der Waals surface area contributed by atoms with Gasteiger partial charge in [0.1, 0.15) is 17.3 Å². The highest BCUT2D eigenvalue weighted by molar-refractivity contribution is 6.03. The van der Waals surface area contributed by atoms with Crippen LogP contribution >= 0.6 is 0 Å². The van der Waals surface area contributed by atoms with Crippen LogP contribution in [0.25, 0.3) is 22.4 Å². The third-order valence-electron chi connectivity index (χ3n) is 5.25. The number of amides is 2. The van der Waals surface area contributed by atoms with Crippen LogP contribution < -0.4 is 16.4 Å². The lowest BCUT2D eigenvalue weighted by Crippen LogP contribution is -2.28. The van der Waals surface area contributed by atoms with E-state index >= 15 is 0 Å². The van der Waals surface area contributed by atoms with Crippen LogP contribution in [0.15, 0.2) is 82.6 Å². The highest BCUT2D eigenvalue weighted by Gasteiger charge is 2.20. The third kappa shape index (κ3) is 5.01. The quantitative estimate of drug-likeness (QED) is 0.318. The second-order valence-electron chi connectivity index (χ2n) is 7.56. The number of benzene rings is 2. The van der Waals surface area contributed by atoms with E-state index in [0.29, 0.717) is 41.0 Å². The average Bonchev–Trinajstić information content (AvgIpc) is 3.46. The molecule has 0 spiro atoms. The Morgan fingerprint density at radius 1 is 1.03 bits per heavy atom. The van der Waals surface area contributed by atoms with E-state index in [4.69, 9.17) is 10.2 Å². The summed E-state index contributed by atoms with van der Waals surface area (Å²) in [4.78, 5) is 41.1. The molecule has 4 aromatic rings. The molecule has 178 valence electrons. The summed E-state index contributed by atoms with van der Waals surface area (Å²) in [7, 11) is 0. The first-order valence-corrected chi connectivity index (χ1v) is 10.9. The van der Waals surface area contributed by atoms with Crippen LogP contribution in [-0.4, -0.2) is 29.9 Å². The number of nitrogens with two attached hydrogens (primary N) is 1. The number of hydrogen-bond acceptors (Lipinski definition) is 8. The number of hydrogen-bond donors (Lipinski definition) is 3. The lowest BCUT2D eigenvalue weighted by atomic mass is 9.96. The number of anilines is 1. The number of aromatic nitrogens is 1. The molecule has 10 heteroatoms. The summed E-state index contributed by atoms with van der Waals surface area (Å²) >= 11 is 0. The van der Waals surface area contributed by atoms with E-state index in [-0.39, 0.29) is 28.7 Å². The molecule has 10 nitrogen and oxygen atoms in total. The Morgan fingerprint density at radius 3 is 2.58 bits per heavy atom. The van der Waals surface area contributed by atoms with Gasteiger partial charge in [0.15, 0.2) is 11.6 Å². The Labute approximate surface area is 205 Å². The maximum atomic E-state index is 12.7. The van der Waals surface area contributed by atoms with Gasteiger partial charge in [0, 0.05) is 29.8 Å². The zero-order valence-corrected chi connectivity index (χ0v) is 18.9. The van der Waals surface area contributed by atoms with E-state index < -0.39 is 5.91 Å². The standard InChI is InChI=1S/C26H20N6O4/c27-10-11-29-25(33)17-6-3-5-16(13-17)19-14-22(18-7-1-2-8-21(18)32-35)30-24(20(19)15-28)31-26(34)23-9-4-12-36-23/h1-9,12-14H,10-11,27H2,(H,29,33)(H,30,31,34). The van der Waals surface area contributed by atoms with Crippen molar-refractivity contribution in [2.75, 3.05) is 18.4 Å². The molecular formula is C26H20N6O4. The zero-order chi connectivity index (χ0) is 25.5. The number of nitrogens with zero attached hydrogens (tertiary/aromatic N) is 3. The van der Waals surface area contributed by atoms with Crippen molar-refractivity contribution in [3.63, 3.8) is 0 Å². The molecule has 0 saturated carbocycles. The van der Waals surface area contributed by atoms with E-state index in [1.54, 1.807) is 54.6 Å². The second-order valence-corrected chi connectivity index (χ2v) is 7.56. The van der Waals surface area contributed by atoms with Gasteiger partial charge < -0.3 is 20.8 Å². The molecule has 0 atom stereocenters. The van der Waals surface area contributed by atoms with Crippen LogP contribution in [0.1, 0.15) is 26.5 Å². The summed E-state index contributed by atoms with van der Waals surface area (Å²) in [6, 6.07) is 20.0. The van der Waals surface area contributed by atoms with Crippen LogP contribution in [-0.2, 0) is 0 Å². The van der Waals surface area contributed by atoms with E-state index in [0.717, 1.165) is 0 Å². The molecule has 0 saturated heterocycles. The molecule has 2 aromatic heterocycles. The van der Waals surface area contributed by atoms with Gasteiger partial charge >= 0.3 is 0 Å². The average molecular weight is 480 g/mol. The summed E-state index contributed by atoms with van der Waals surface area (Å²) in [6.45, 7) is 0.602. The fourth-order valence-electron chi connectivity index (χ4n) is 3.58. The predicted octanol–water partition coefficient (Wildman–Crippen LogP) is 4.22. The molecule has 0 aliphatic heterocycles. The smallest absolute Gasteiger partial charge is 0.292 e. The largest absolute Gasteiger partial charge is 0.459 e. The number of nitrogens with one attached hydrogen (secondary N) is 2. The Bertz CT molecular complexity index is 1470. The molecule has 0 aliphatic carbocycles. The van der Waals surface area contributed by atoms with Gasteiger partial charge in [-0.2, -0.15) is 5.26 Å². The molecule has 4 N–H and O–H groups in total. The number of nitriles is 1. The molecule has 0 radical (unpaired) electrons. The van der Waals surface area contributed by atoms with Crippen molar-refractivity contribution < 1.29 is 14.0 Å². The third-order valence-corrected chi connectivity index (χ3v) is 5.25. The van der Waals surface area contributed by atoms with Crippen molar-refractivity contribution >= 4 is 23.3 Å². The highest BCUT2D eigenvalue weighted by atomic mass is 16.3. The predicted molar refractivity (Wildman–Crippen MR) is 133 cm³/mol. The Balaban J connectivity index is 1.89. The molecule has 2 aromatic carbocycles. The van der Waals surface area contributed by atoms with E-state index in [1.807, 2.05) is 0 Å². The molecule has 0 aliphatic rings. The summed E-state index contributed by atoms with van der Waals surface area (Å²) < 4.78 is 5.15. The van der Waals surface area contributed by atoms with Gasteiger partial charge in [0.25, 0.3) is 11.8 Å². The number of pyridine rings is 1. The maximum absolute atomic E-state index is 12.7. The van der Waals surface area contributed by atoms with Gasteiger partial charge in [0.2, 0.25) is 0 Å². The van der Waals surface area contributed by atoms with Gasteiger partial charge in [0.05, 0.1) is 12.0 Å². The molecular weight excluding hydrogens is 460 g/mol. The highest BCUT2D eigenvalue weighted by Crippen LogP contribution is 2.36. The van der Waals surface area contributed by atoms with Crippen molar-refractivity contribution in [1.82, 2.24) is 10.3 Å². The van der Waals surface area contributed by atoms with E-state index in [1.165, 1.54) is 18.4 Å². The van der Waals surface area contributed by atoms with Crippen molar-refractivity contribution in [2.24, 2.45) is 10.9 Å². The minimum atomic E-state index is -0.608. The summed E-state index contributed by atoms with van der Waals surface area (Å²) in [5.41, 5.74) is 7.66. The summed E-state index contributed by atoms with van der Waals surface area (Å²) in [6.07, 6.45) is 1.35. The van der Waals surface area contributed by atoms with Crippen molar-refractivity contribution in [3.8, 4) is 28.5 Å².